The number of carboxylic acid groups (broad SMARTS) is 1. The molecule has 0 unspecified atom stereocenters. The van der Waals surface area contributed by atoms with Crippen molar-refractivity contribution in [1.29, 1.82) is 0 Å². The van der Waals surface area contributed by atoms with Crippen LogP contribution in [0.15, 0.2) is 83.8 Å². The molecule has 2 aliphatic rings. The molecule has 11 heteroatoms. The zero-order valence-corrected chi connectivity index (χ0v) is 27.2. The molecule has 244 valence electrons. The number of amides is 2. The van der Waals surface area contributed by atoms with Crippen molar-refractivity contribution in [3.05, 3.63) is 90.0 Å². The summed E-state index contributed by atoms with van der Waals surface area (Å²) < 4.78 is 34.8. The van der Waals surface area contributed by atoms with Gasteiger partial charge >= 0.3 is 12.1 Å². The van der Waals surface area contributed by atoms with Crippen LogP contribution in [0.2, 0.25) is 0 Å². The number of piperazine rings is 1. The number of benzene rings is 3. The van der Waals surface area contributed by atoms with Gasteiger partial charge in [0.2, 0.25) is 15.9 Å². The van der Waals surface area contributed by atoms with E-state index in [4.69, 9.17) is 9.84 Å². The maximum atomic E-state index is 13.9. The van der Waals surface area contributed by atoms with Gasteiger partial charge in [-0.15, -0.1) is 0 Å². The van der Waals surface area contributed by atoms with Gasteiger partial charge in [-0.05, 0) is 87.4 Å². The third kappa shape index (κ3) is 7.94. The Balaban J connectivity index is 1.19. The smallest absolute Gasteiger partial charge is 0.410 e. The molecule has 1 saturated heterocycles. The quantitative estimate of drug-likeness (QED) is 0.336. The average Bonchev–Trinajstić information content (AvgIpc) is 3.04. The lowest BCUT2D eigenvalue weighted by Gasteiger charge is -2.43. The maximum absolute atomic E-state index is 13.9. The van der Waals surface area contributed by atoms with Crippen LogP contribution in [0.5, 0.6) is 0 Å². The molecule has 0 spiro atoms. The minimum atomic E-state index is -3.78. The second-order valence-corrected chi connectivity index (χ2v) is 14.7. The molecule has 1 saturated carbocycles. The van der Waals surface area contributed by atoms with Gasteiger partial charge in [-0.2, -0.15) is 0 Å². The highest BCUT2D eigenvalue weighted by molar-refractivity contribution is 7.89. The Bertz CT molecular complexity index is 1640. The van der Waals surface area contributed by atoms with E-state index in [-0.39, 0.29) is 34.4 Å². The first-order valence-electron chi connectivity index (χ1n) is 15.6. The van der Waals surface area contributed by atoms with Crippen LogP contribution < -0.4 is 4.72 Å². The third-order valence-corrected chi connectivity index (χ3v) is 10.1. The van der Waals surface area contributed by atoms with E-state index in [0.29, 0.717) is 45.3 Å². The molecule has 46 heavy (non-hydrogen) atoms. The lowest BCUT2D eigenvalue weighted by atomic mass is 9.85. The van der Waals surface area contributed by atoms with Crippen molar-refractivity contribution in [2.24, 2.45) is 5.92 Å². The summed E-state index contributed by atoms with van der Waals surface area (Å²) in [5.74, 6) is -1.20. The molecule has 3 aromatic carbocycles. The summed E-state index contributed by atoms with van der Waals surface area (Å²) in [5, 5.41) is 9.11. The molecule has 10 nitrogen and oxygen atoms in total. The highest BCUT2D eigenvalue weighted by Gasteiger charge is 2.39. The van der Waals surface area contributed by atoms with E-state index >= 15 is 0 Å². The minimum Gasteiger partial charge on any atom is -0.478 e. The van der Waals surface area contributed by atoms with Gasteiger partial charge in [0, 0.05) is 31.6 Å². The average molecular weight is 648 g/mol. The Kier molecular flexibility index (Phi) is 9.83. The van der Waals surface area contributed by atoms with Gasteiger partial charge in [-0.25, -0.2) is 22.7 Å². The number of carbonyl (C=O) groups excluding carboxylic acids is 2. The number of ether oxygens (including phenoxy) is 1. The molecule has 2 fully saturated rings. The van der Waals surface area contributed by atoms with E-state index in [1.807, 2.05) is 56.0 Å². The fourth-order valence-electron chi connectivity index (χ4n) is 6.11. The van der Waals surface area contributed by atoms with Crippen LogP contribution in [0.1, 0.15) is 68.4 Å². The standard InChI is InChI=1S/C35H41N3O7S/c1-35(2,3)45-34(42)37-21-22-38(31(23-37)26-7-5-4-6-8-26)32(39)27-13-17-29(18-14-27)36-46(43,44)30-19-15-25(16-20-30)24-9-11-28(12-10-24)33(40)41/h4-12,15-16,19-20,27,29,31,36H,13-14,17-18,21-23H2,1-3H3,(H,40,41)/t27-,29-,31-/m1/s1. The topological polar surface area (TPSA) is 133 Å². The van der Waals surface area contributed by atoms with Crippen molar-refractivity contribution in [2.75, 3.05) is 19.6 Å². The summed E-state index contributed by atoms with van der Waals surface area (Å²) in [7, 11) is -3.78. The monoisotopic (exact) mass is 647 g/mol. The van der Waals surface area contributed by atoms with E-state index in [1.54, 1.807) is 41.3 Å². The first kappa shape index (κ1) is 33.2. The molecule has 2 amide bonds. The van der Waals surface area contributed by atoms with Crippen LogP contribution in [0.4, 0.5) is 4.79 Å². The van der Waals surface area contributed by atoms with Gasteiger partial charge in [0.1, 0.15) is 5.60 Å². The lowest BCUT2D eigenvalue weighted by molar-refractivity contribution is -0.142. The largest absolute Gasteiger partial charge is 0.478 e. The fraction of sp³-hybridized carbons (Fsp3) is 0.400. The first-order chi connectivity index (χ1) is 21.8. The molecule has 0 radical (unpaired) electrons. The van der Waals surface area contributed by atoms with Crippen LogP contribution in [0.3, 0.4) is 0 Å². The number of hydrogen-bond acceptors (Lipinski definition) is 6. The van der Waals surface area contributed by atoms with E-state index in [2.05, 4.69) is 4.72 Å². The number of rotatable bonds is 7. The molecule has 5 rings (SSSR count). The molecule has 0 bridgehead atoms. The van der Waals surface area contributed by atoms with Crippen molar-refractivity contribution in [3.8, 4) is 11.1 Å². The number of nitrogens with zero attached hydrogens (tertiary/aromatic N) is 2. The van der Waals surface area contributed by atoms with Crippen molar-refractivity contribution in [3.63, 3.8) is 0 Å². The summed E-state index contributed by atoms with van der Waals surface area (Å²) >= 11 is 0. The second kappa shape index (κ2) is 13.6. The van der Waals surface area contributed by atoms with Gasteiger partial charge < -0.3 is 19.6 Å². The SMILES string of the molecule is CC(C)(C)OC(=O)N1CCN(C(=O)[C@H]2CC[C@H](NS(=O)(=O)c3ccc(-c4ccc(C(=O)O)cc4)cc3)CC2)[C@@H](c2ccccc2)C1. The Morgan fingerprint density at radius 2 is 1.41 bits per heavy atom. The number of nitrogens with one attached hydrogen (secondary N) is 1. The van der Waals surface area contributed by atoms with Crippen LogP contribution >= 0.6 is 0 Å². The van der Waals surface area contributed by atoms with Gasteiger partial charge in [0.25, 0.3) is 0 Å². The zero-order chi connectivity index (χ0) is 33.1. The minimum absolute atomic E-state index is 0.0333. The summed E-state index contributed by atoms with van der Waals surface area (Å²) in [6.45, 7) is 6.61. The predicted octanol–water partition coefficient (Wildman–Crippen LogP) is 5.71. The molecule has 1 atom stereocenters. The molecule has 2 N–H and O–H groups in total. The predicted molar refractivity (Wildman–Crippen MR) is 174 cm³/mol. The lowest BCUT2D eigenvalue weighted by Crippen LogP contribution is -2.54. The Morgan fingerprint density at radius 1 is 0.826 bits per heavy atom. The molecular weight excluding hydrogens is 606 g/mol. The van der Waals surface area contributed by atoms with Crippen LogP contribution in [-0.4, -0.2) is 72.6 Å². The molecular formula is C35H41N3O7S. The molecule has 1 aliphatic carbocycles. The Hall–Kier alpha value is -4.22. The number of aromatic carboxylic acids is 1. The van der Waals surface area contributed by atoms with Crippen LogP contribution in [0, 0.1) is 5.92 Å². The van der Waals surface area contributed by atoms with E-state index in [9.17, 15) is 22.8 Å². The molecule has 0 aromatic heterocycles. The van der Waals surface area contributed by atoms with Gasteiger partial charge in [-0.1, -0.05) is 54.6 Å². The molecule has 1 heterocycles. The third-order valence-electron chi connectivity index (χ3n) is 8.53. The van der Waals surface area contributed by atoms with Crippen molar-refractivity contribution in [1.82, 2.24) is 14.5 Å². The Labute approximate surface area is 270 Å². The zero-order valence-electron chi connectivity index (χ0n) is 26.4. The number of hydrogen-bond donors (Lipinski definition) is 2. The van der Waals surface area contributed by atoms with Crippen molar-refractivity contribution in [2.45, 2.75) is 69.0 Å². The van der Waals surface area contributed by atoms with Crippen LogP contribution in [-0.2, 0) is 19.6 Å². The van der Waals surface area contributed by atoms with Gasteiger partial charge in [0.05, 0.1) is 16.5 Å². The molecule has 3 aromatic rings. The highest BCUT2D eigenvalue weighted by atomic mass is 32.2. The summed E-state index contributed by atoms with van der Waals surface area (Å²) in [5.41, 5.74) is 2.07. The number of sulfonamides is 1. The summed E-state index contributed by atoms with van der Waals surface area (Å²) in [6, 6.07) is 22.0. The van der Waals surface area contributed by atoms with Crippen molar-refractivity contribution < 1.29 is 32.6 Å². The Morgan fingerprint density at radius 3 is 1.98 bits per heavy atom. The molecule has 1 aliphatic heterocycles. The first-order valence-corrected chi connectivity index (χ1v) is 17.1. The second-order valence-electron chi connectivity index (χ2n) is 13.0. The summed E-state index contributed by atoms with van der Waals surface area (Å²) in [4.78, 5) is 41.5. The van der Waals surface area contributed by atoms with Crippen LogP contribution in [0.25, 0.3) is 11.1 Å². The van der Waals surface area contributed by atoms with E-state index in [0.717, 1.165) is 16.7 Å². The van der Waals surface area contributed by atoms with Crippen molar-refractivity contribution >= 4 is 28.0 Å². The van der Waals surface area contributed by atoms with E-state index in [1.165, 1.54) is 12.1 Å². The highest BCUT2D eigenvalue weighted by Crippen LogP contribution is 2.33. The van der Waals surface area contributed by atoms with Gasteiger partial charge in [0.15, 0.2) is 0 Å². The maximum Gasteiger partial charge on any atom is 0.410 e. The normalized spacial score (nSPS) is 20.6. The number of carbonyl (C=O) groups is 3. The summed E-state index contributed by atoms with van der Waals surface area (Å²) in [6.07, 6.45) is 1.81. The van der Waals surface area contributed by atoms with E-state index < -0.39 is 27.7 Å². The van der Waals surface area contributed by atoms with Gasteiger partial charge in [-0.3, -0.25) is 4.79 Å². The number of carboxylic acids is 1. The fourth-order valence-corrected chi connectivity index (χ4v) is 7.42.